The van der Waals surface area contributed by atoms with E-state index >= 15 is 0 Å². The van der Waals surface area contributed by atoms with Crippen molar-refractivity contribution in [1.82, 2.24) is 5.32 Å². The summed E-state index contributed by atoms with van der Waals surface area (Å²) in [5.74, 6) is 0.269. The highest BCUT2D eigenvalue weighted by molar-refractivity contribution is 5.96. The van der Waals surface area contributed by atoms with Crippen molar-refractivity contribution >= 4 is 11.6 Å². The molecular formula is C9H15NO2. The summed E-state index contributed by atoms with van der Waals surface area (Å²) >= 11 is 0. The van der Waals surface area contributed by atoms with Gasteiger partial charge in [-0.15, -0.1) is 0 Å². The molecule has 0 unspecified atom stereocenters. The van der Waals surface area contributed by atoms with Gasteiger partial charge in [-0.25, -0.2) is 0 Å². The van der Waals surface area contributed by atoms with Crippen LogP contribution in [0.5, 0.6) is 0 Å². The molecule has 0 amide bonds. The maximum Gasteiger partial charge on any atom is 0.155 e. The lowest BCUT2D eigenvalue weighted by atomic mass is 9.86. The second-order valence-electron chi connectivity index (χ2n) is 4.29. The Bertz CT molecular complexity index is 215. The number of hydrogen-bond acceptors (Lipinski definition) is 3. The predicted octanol–water partition coefficient (Wildman–Crippen LogP) is 0.533. The van der Waals surface area contributed by atoms with Crippen molar-refractivity contribution in [3.05, 3.63) is 0 Å². The second-order valence-corrected chi connectivity index (χ2v) is 4.29. The van der Waals surface area contributed by atoms with Gasteiger partial charge in [-0.2, -0.15) is 0 Å². The van der Waals surface area contributed by atoms with Gasteiger partial charge in [0.05, 0.1) is 12.6 Å². The summed E-state index contributed by atoms with van der Waals surface area (Å²) in [6, 6.07) is -0.238. The fourth-order valence-corrected chi connectivity index (χ4v) is 1.32. The first-order valence-corrected chi connectivity index (χ1v) is 4.20. The molecule has 1 aliphatic rings. The minimum absolute atomic E-state index is 0.133. The highest BCUT2D eigenvalue weighted by Crippen LogP contribution is 2.19. The molecule has 1 heterocycles. The minimum atomic E-state index is -0.345. The van der Waals surface area contributed by atoms with Crippen molar-refractivity contribution in [1.29, 1.82) is 0 Å². The summed E-state index contributed by atoms with van der Waals surface area (Å²) in [5.41, 5.74) is -0.345. The van der Waals surface area contributed by atoms with Gasteiger partial charge in [-0.05, 0) is 0 Å². The normalized spacial score (nSPS) is 24.6. The number of carbonyl (C=O) groups is 2. The minimum Gasteiger partial charge on any atom is -0.300 e. The zero-order valence-corrected chi connectivity index (χ0v) is 7.81. The van der Waals surface area contributed by atoms with Crippen molar-refractivity contribution in [3.63, 3.8) is 0 Å². The highest BCUT2D eigenvalue weighted by atomic mass is 16.1. The third-order valence-electron chi connectivity index (χ3n) is 2.03. The number of Topliss-reactive ketones (excluding diaryl/α,β-unsaturated/α-hetero) is 2. The molecule has 0 saturated carbocycles. The van der Waals surface area contributed by atoms with Crippen LogP contribution in [0.2, 0.25) is 0 Å². The van der Waals surface area contributed by atoms with E-state index in [0.29, 0.717) is 13.0 Å². The Balaban J connectivity index is 2.61. The Morgan fingerprint density at radius 2 is 2.08 bits per heavy atom. The van der Waals surface area contributed by atoms with Crippen LogP contribution in [0.15, 0.2) is 0 Å². The third-order valence-corrected chi connectivity index (χ3v) is 2.03. The molecule has 68 valence electrons. The van der Waals surface area contributed by atoms with Gasteiger partial charge >= 0.3 is 0 Å². The predicted molar refractivity (Wildman–Crippen MR) is 45.9 cm³/mol. The molecule has 1 atom stereocenters. The zero-order chi connectivity index (χ0) is 9.35. The van der Waals surface area contributed by atoms with Crippen molar-refractivity contribution in [3.8, 4) is 0 Å². The van der Waals surface area contributed by atoms with E-state index in [4.69, 9.17) is 0 Å². The van der Waals surface area contributed by atoms with Crippen LogP contribution in [0, 0.1) is 5.41 Å². The van der Waals surface area contributed by atoms with Crippen LogP contribution in [0.3, 0.4) is 0 Å². The van der Waals surface area contributed by atoms with E-state index in [1.54, 1.807) is 0 Å². The smallest absolute Gasteiger partial charge is 0.155 e. The van der Waals surface area contributed by atoms with Gasteiger partial charge in [0.25, 0.3) is 0 Å². The first-order chi connectivity index (χ1) is 5.41. The van der Waals surface area contributed by atoms with Crippen molar-refractivity contribution in [2.45, 2.75) is 33.2 Å². The summed E-state index contributed by atoms with van der Waals surface area (Å²) in [4.78, 5) is 22.5. The standard InChI is InChI=1S/C9H15NO2/c1-9(2,3)8(12)7-4-6(11)5-10-7/h7,10H,4-5H2,1-3H3/t7-/m0/s1. The molecule has 1 fully saturated rings. The summed E-state index contributed by atoms with van der Waals surface area (Å²) in [7, 11) is 0. The van der Waals surface area contributed by atoms with Gasteiger partial charge in [0.2, 0.25) is 0 Å². The topological polar surface area (TPSA) is 46.2 Å². The molecule has 0 aromatic rings. The largest absolute Gasteiger partial charge is 0.300 e. The van der Waals surface area contributed by atoms with Gasteiger partial charge in [-0.1, -0.05) is 20.8 Å². The van der Waals surface area contributed by atoms with E-state index in [9.17, 15) is 9.59 Å². The Kier molecular flexibility index (Phi) is 2.33. The summed E-state index contributed by atoms with van der Waals surface area (Å²) in [5, 5.41) is 2.91. The molecule has 12 heavy (non-hydrogen) atoms. The fraction of sp³-hybridized carbons (Fsp3) is 0.778. The first-order valence-electron chi connectivity index (χ1n) is 4.20. The van der Waals surface area contributed by atoms with Crippen molar-refractivity contribution in [2.75, 3.05) is 6.54 Å². The van der Waals surface area contributed by atoms with E-state index in [-0.39, 0.29) is 23.0 Å². The fourth-order valence-electron chi connectivity index (χ4n) is 1.32. The molecule has 1 N–H and O–H groups in total. The van der Waals surface area contributed by atoms with E-state index in [1.165, 1.54) is 0 Å². The quantitative estimate of drug-likeness (QED) is 0.623. The van der Waals surface area contributed by atoms with Crippen LogP contribution in [-0.2, 0) is 9.59 Å². The maximum absolute atomic E-state index is 11.6. The van der Waals surface area contributed by atoms with Gasteiger partial charge in [0.15, 0.2) is 5.78 Å². The van der Waals surface area contributed by atoms with E-state index in [2.05, 4.69) is 5.32 Å². The molecule has 0 radical (unpaired) electrons. The van der Waals surface area contributed by atoms with Crippen LogP contribution < -0.4 is 5.32 Å². The number of rotatable bonds is 1. The molecule has 3 heteroatoms. The summed E-state index contributed by atoms with van der Waals surface area (Å²) in [6.07, 6.45) is 0.371. The number of hydrogen-bond donors (Lipinski definition) is 1. The van der Waals surface area contributed by atoms with Crippen LogP contribution in [0.4, 0.5) is 0 Å². The molecular weight excluding hydrogens is 154 g/mol. The highest BCUT2D eigenvalue weighted by Gasteiger charge is 2.34. The molecule has 1 aliphatic heterocycles. The van der Waals surface area contributed by atoms with Gasteiger partial charge in [0.1, 0.15) is 5.78 Å². The maximum atomic E-state index is 11.6. The number of carbonyl (C=O) groups excluding carboxylic acids is 2. The lowest BCUT2D eigenvalue weighted by molar-refractivity contribution is -0.128. The Morgan fingerprint density at radius 1 is 1.50 bits per heavy atom. The van der Waals surface area contributed by atoms with Crippen LogP contribution in [0.1, 0.15) is 27.2 Å². The van der Waals surface area contributed by atoms with Gasteiger partial charge < -0.3 is 5.32 Å². The van der Waals surface area contributed by atoms with Gasteiger partial charge in [0, 0.05) is 11.8 Å². The van der Waals surface area contributed by atoms with Gasteiger partial charge in [-0.3, -0.25) is 9.59 Å². The molecule has 1 rings (SSSR count). The average Bonchev–Trinajstić information content (AvgIpc) is 2.32. The van der Waals surface area contributed by atoms with E-state index in [0.717, 1.165) is 0 Å². The summed E-state index contributed by atoms with van der Waals surface area (Å²) < 4.78 is 0. The average molecular weight is 169 g/mol. The van der Waals surface area contributed by atoms with Crippen molar-refractivity contribution in [2.24, 2.45) is 5.41 Å². The van der Waals surface area contributed by atoms with Crippen molar-refractivity contribution < 1.29 is 9.59 Å². The van der Waals surface area contributed by atoms with E-state index < -0.39 is 0 Å². The Morgan fingerprint density at radius 3 is 2.42 bits per heavy atom. The Hall–Kier alpha value is -0.700. The molecule has 0 aliphatic carbocycles. The molecule has 1 saturated heterocycles. The monoisotopic (exact) mass is 169 g/mol. The van der Waals surface area contributed by atoms with Crippen LogP contribution in [0.25, 0.3) is 0 Å². The molecule has 3 nitrogen and oxygen atoms in total. The SMILES string of the molecule is CC(C)(C)C(=O)[C@@H]1CC(=O)CN1. The second kappa shape index (κ2) is 2.98. The molecule has 0 bridgehead atoms. The number of nitrogens with one attached hydrogen (secondary N) is 1. The number of ketones is 2. The zero-order valence-electron chi connectivity index (χ0n) is 7.81. The van der Waals surface area contributed by atoms with Crippen LogP contribution >= 0.6 is 0 Å². The van der Waals surface area contributed by atoms with E-state index in [1.807, 2.05) is 20.8 Å². The first kappa shape index (κ1) is 9.39. The van der Waals surface area contributed by atoms with Crippen LogP contribution in [-0.4, -0.2) is 24.2 Å². The third kappa shape index (κ3) is 1.91. The Labute approximate surface area is 72.5 Å². The lowest BCUT2D eigenvalue weighted by Crippen LogP contribution is -2.38. The molecule has 0 aromatic carbocycles. The lowest BCUT2D eigenvalue weighted by Gasteiger charge is -2.20. The molecule has 0 aromatic heterocycles. The summed E-state index contributed by atoms with van der Waals surface area (Å²) in [6.45, 7) is 5.98. The molecule has 0 spiro atoms.